The number of carbonyl (C=O) groups excluding carboxylic acids is 1. The van der Waals surface area contributed by atoms with Gasteiger partial charge in [0.1, 0.15) is 11.4 Å². The molecule has 7 nitrogen and oxygen atoms in total. The fourth-order valence-corrected chi connectivity index (χ4v) is 2.33. The Hall–Kier alpha value is -2.71. The number of nitrogens with zero attached hydrogens (tertiary/aromatic N) is 1. The maximum Gasteiger partial charge on any atom is 0.294 e. The molecule has 9 heteroatoms. The number of hydrogen-bond acceptors (Lipinski definition) is 5. The third kappa shape index (κ3) is 5.13. The smallest absolute Gasteiger partial charge is 0.294 e. The predicted octanol–water partition coefficient (Wildman–Crippen LogP) is 3.77. The summed E-state index contributed by atoms with van der Waals surface area (Å²) in [6.07, 6.45) is 0. The molecule has 0 aromatic heterocycles. The third-order valence-electron chi connectivity index (χ3n) is 3.06. The molecule has 0 saturated carbocycles. The highest BCUT2D eigenvalue weighted by atomic mass is 35.5. The van der Waals surface area contributed by atoms with Crippen LogP contribution in [-0.4, -0.2) is 22.5 Å². The molecule has 130 valence electrons. The lowest BCUT2D eigenvalue weighted by Gasteiger charge is -2.10. The van der Waals surface area contributed by atoms with Gasteiger partial charge in [-0.2, -0.15) is 0 Å². The minimum Gasteiger partial charge on any atom is -0.494 e. The average Bonchev–Trinajstić information content (AvgIpc) is 2.57. The summed E-state index contributed by atoms with van der Waals surface area (Å²) < 4.78 is 5.30. The van der Waals surface area contributed by atoms with Gasteiger partial charge >= 0.3 is 0 Å². The van der Waals surface area contributed by atoms with Crippen LogP contribution in [0.15, 0.2) is 42.5 Å². The number of rotatable bonds is 5. The molecular weight excluding hydrogens is 366 g/mol. The summed E-state index contributed by atoms with van der Waals surface area (Å²) in [5, 5.41) is 16.3. The first-order valence-electron chi connectivity index (χ1n) is 7.20. The van der Waals surface area contributed by atoms with Gasteiger partial charge in [0.2, 0.25) is 0 Å². The summed E-state index contributed by atoms with van der Waals surface area (Å²) in [6, 6.07) is 10.6. The predicted molar refractivity (Wildman–Crippen MR) is 99.4 cm³/mol. The number of benzene rings is 2. The zero-order valence-corrected chi connectivity index (χ0v) is 14.7. The van der Waals surface area contributed by atoms with E-state index in [2.05, 4.69) is 10.6 Å². The van der Waals surface area contributed by atoms with Crippen LogP contribution in [0.1, 0.15) is 17.3 Å². The Kier molecular flexibility index (Phi) is 6.26. The molecule has 2 aromatic rings. The van der Waals surface area contributed by atoms with Crippen LogP contribution in [0.2, 0.25) is 5.02 Å². The summed E-state index contributed by atoms with van der Waals surface area (Å²) in [5.41, 5.74) is 0.259. The molecule has 0 aliphatic carbocycles. The highest BCUT2D eigenvalue weighted by Crippen LogP contribution is 2.27. The first-order valence-corrected chi connectivity index (χ1v) is 7.98. The lowest BCUT2D eigenvalue weighted by Crippen LogP contribution is -2.34. The van der Waals surface area contributed by atoms with Gasteiger partial charge in [-0.25, -0.2) is 0 Å². The SMILES string of the molecule is CCOc1ccc(C(=O)NC(=S)Nc2ccc(Cl)cc2[N+](=O)[O-])cc1. The van der Waals surface area contributed by atoms with Gasteiger partial charge < -0.3 is 10.1 Å². The second kappa shape index (κ2) is 8.41. The number of nitro benzene ring substituents is 1. The number of halogens is 1. The van der Waals surface area contributed by atoms with Crippen molar-refractivity contribution in [3.63, 3.8) is 0 Å². The van der Waals surface area contributed by atoms with E-state index in [1.807, 2.05) is 6.92 Å². The minimum atomic E-state index is -0.592. The standard InChI is InChI=1S/C16H14ClN3O4S/c1-2-24-12-6-3-10(4-7-12)15(21)19-16(25)18-13-8-5-11(17)9-14(13)20(22)23/h3-9H,2H2,1H3,(H2,18,19,21,25). The molecule has 0 radical (unpaired) electrons. The number of amides is 1. The first-order chi connectivity index (χ1) is 11.9. The molecule has 0 fully saturated rings. The summed E-state index contributed by atoms with van der Waals surface area (Å²) in [4.78, 5) is 22.6. The number of nitro groups is 1. The van der Waals surface area contributed by atoms with Crippen molar-refractivity contribution in [3.05, 3.63) is 63.2 Å². The van der Waals surface area contributed by atoms with E-state index >= 15 is 0 Å². The van der Waals surface area contributed by atoms with E-state index in [0.717, 1.165) is 0 Å². The minimum absolute atomic E-state index is 0.0655. The molecule has 0 saturated heterocycles. The van der Waals surface area contributed by atoms with Gasteiger partial charge in [0.25, 0.3) is 11.6 Å². The second-order valence-corrected chi connectivity index (χ2v) is 5.63. The Balaban J connectivity index is 2.05. The molecule has 0 aliphatic heterocycles. The molecule has 0 atom stereocenters. The number of hydrogen-bond donors (Lipinski definition) is 2. The van der Waals surface area contributed by atoms with Crippen molar-refractivity contribution < 1.29 is 14.5 Å². The van der Waals surface area contributed by atoms with E-state index in [1.165, 1.54) is 18.2 Å². The fraction of sp³-hybridized carbons (Fsp3) is 0.125. The van der Waals surface area contributed by atoms with E-state index in [4.69, 9.17) is 28.6 Å². The lowest BCUT2D eigenvalue weighted by molar-refractivity contribution is -0.383. The highest BCUT2D eigenvalue weighted by Gasteiger charge is 2.16. The van der Waals surface area contributed by atoms with E-state index in [1.54, 1.807) is 24.3 Å². The van der Waals surface area contributed by atoms with Gasteiger partial charge in [0, 0.05) is 16.7 Å². The van der Waals surface area contributed by atoms with Gasteiger partial charge in [-0.05, 0) is 55.5 Å². The van der Waals surface area contributed by atoms with Crippen molar-refractivity contribution in [2.45, 2.75) is 6.92 Å². The monoisotopic (exact) mass is 379 g/mol. The average molecular weight is 380 g/mol. The van der Waals surface area contributed by atoms with E-state index in [-0.39, 0.29) is 21.5 Å². The maximum atomic E-state index is 12.2. The van der Waals surface area contributed by atoms with Crippen LogP contribution in [0.4, 0.5) is 11.4 Å². The molecular formula is C16H14ClN3O4S. The third-order valence-corrected chi connectivity index (χ3v) is 3.50. The largest absolute Gasteiger partial charge is 0.494 e. The van der Waals surface area contributed by atoms with Gasteiger partial charge in [0.05, 0.1) is 11.5 Å². The van der Waals surface area contributed by atoms with Crippen LogP contribution in [0.5, 0.6) is 5.75 Å². The van der Waals surface area contributed by atoms with Crippen LogP contribution < -0.4 is 15.4 Å². The van der Waals surface area contributed by atoms with Crippen LogP contribution in [0, 0.1) is 10.1 Å². The Morgan fingerprint density at radius 2 is 1.96 bits per heavy atom. The van der Waals surface area contributed by atoms with E-state index in [9.17, 15) is 14.9 Å². The molecule has 1 amide bonds. The molecule has 2 aromatic carbocycles. The zero-order valence-electron chi connectivity index (χ0n) is 13.1. The Bertz CT molecular complexity index is 812. The number of ether oxygens (including phenoxy) is 1. The number of nitrogens with one attached hydrogen (secondary N) is 2. The quantitative estimate of drug-likeness (QED) is 0.466. The van der Waals surface area contributed by atoms with Crippen LogP contribution in [0.25, 0.3) is 0 Å². The van der Waals surface area contributed by atoms with Crippen LogP contribution in [-0.2, 0) is 0 Å². The molecule has 0 spiro atoms. The first kappa shape index (κ1) is 18.6. The van der Waals surface area contributed by atoms with E-state index < -0.39 is 10.8 Å². The summed E-state index contributed by atoms with van der Waals surface area (Å²) in [5.74, 6) is 0.203. The Labute approximate surface area is 154 Å². The number of carbonyl (C=O) groups is 1. The molecule has 2 rings (SSSR count). The van der Waals surface area contributed by atoms with Crippen LogP contribution in [0.3, 0.4) is 0 Å². The van der Waals surface area contributed by atoms with E-state index in [0.29, 0.717) is 17.9 Å². The number of thiocarbonyl (C=S) groups is 1. The van der Waals surface area contributed by atoms with Crippen molar-refractivity contribution in [2.75, 3.05) is 11.9 Å². The molecule has 0 heterocycles. The summed E-state index contributed by atoms with van der Waals surface area (Å²) in [6.45, 7) is 2.39. The van der Waals surface area contributed by atoms with Crippen molar-refractivity contribution in [2.24, 2.45) is 0 Å². The van der Waals surface area contributed by atoms with Crippen molar-refractivity contribution in [1.29, 1.82) is 0 Å². The van der Waals surface area contributed by atoms with Gasteiger partial charge in [-0.3, -0.25) is 20.2 Å². The highest BCUT2D eigenvalue weighted by molar-refractivity contribution is 7.80. The second-order valence-electron chi connectivity index (χ2n) is 4.78. The van der Waals surface area contributed by atoms with Gasteiger partial charge in [0.15, 0.2) is 5.11 Å². The van der Waals surface area contributed by atoms with Gasteiger partial charge in [-0.1, -0.05) is 11.6 Å². The zero-order chi connectivity index (χ0) is 18.4. The molecule has 2 N–H and O–H groups in total. The van der Waals surface area contributed by atoms with Gasteiger partial charge in [-0.15, -0.1) is 0 Å². The van der Waals surface area contributed by atoms with Crippen molar-refractivity contribution in [3.8, 4) is 5.75 Å². The molecule has 25 heavy (non-hydrogen) atoms. The van der Waals surface area contributed by atoms with Crippen LogP contribution >= 0.6 is 23.8 Å². The molecule has 0 aliphatic rings. The Morgan fingerprint density at radius 1 is 1.28 bits per heavy atom. The Morgan fingerprint density at radius 3 is 2.56 bits per heavy atom. The maximum absolute atomic E-state index is 12.2. The number of anilines is 1. The molecule has 0 unspecified atom stereocenters. The summed E-state index contributed by atoms with van der Waals surface area (Å²) >= 11 is 10.8. The molecule has 0 bridgehead atoms. The summed E-state index contributed by atoms with van der Waals surface area (Å²) in [7, 11) is 0. The normalized spacial score (nSPS) is 10.0. The van der Waals surface area contributed by atoms with Crippen molar-refractivity contribution >= 4 is 46.2 Å². The van der Waals surface area contributed by atoms with Crippen molar-refractivity contribution in [1.82, 2.24) is 5.32 Å². The fourth-order valence-electron chi connectivity index (χ4n) is 1.96. The lowest BCUT2D eigenvalue weighted by atomic mass is 10.2. The topological polar surface area (TPSA) is 93.5 Å².